The van der Waals surface area contributed by atoms with Crippen molar-refractivity contribution >= 4 is 46.6 Å². The van der Waals surface area contributed by atoms with Crippen LogP contribution in [0.3, 0.4) is 0 Å². The topological polar surface area (TPSA) is 58.2 Å². The standard InChI is InChI=1S/C15H11Cl3N2O2/c16-10-6-7-11(17)14(18)13(10)15(22)20-19-12(21)8-9-4-2-1-3-5-9/h1-7H,8H2,(H,19,21)(H,20,22). The second kappa shape index (κ2) is 7.49. The van der Waals surface area contributed by atoms with Gasteiger partial charge in [0.05, 0.1) is 27.1 Å². The number of hydrogen-bond acceptors (Lipinski definition) is 2. The quantitative estimate of drug-likeness (QED) is 0.651. The van der Waals surface area contributed by atoms with Gasteiger partial charge in [-0.25, -0.2) is 0 Å². The highest BCUT2D eigenvalue weighted by atomic mass is 35.5. The summed E-state index contributed by atoms with van der Waals surface area (Å²) in [6, 6.07) is 12.1. The van der Waals surface area contributed by atoms with E-state index in [2.05, 4.69) is 10.9 Å². The van der Waals surface area contributed by atoms with Crippen LogP contribution in [0.1, 0.15) is 15.9 Å². The molecule has 0 atom stereocenters. The van der Waals surface area contributed by atoms with Crippen LogP contribution in [0, 0.1) is 0 Å². The normalized spacial score (nSPS) is 10.1. The van der Waals surface area contributed by atoms with E-state index in [4.69, 9.17) is 34.8 Å². The van der Waals surface area contributed by atoms with E-state index < -0.39 is 5.91 Å². The van der Waals surface area contributed by atoms with Gasteiger partial charge in [0.25, 0.3) is 5.91 Å². The fourth-order valence-electron chi connectivity index (χ4n) is 1.75. The number of rotatable bonds is 3. The van der Waals surface area contributed by atoms with Crippen LogP contribution < -0.4 is 10.9 Å². The minimum atomic E-state index is -0.640. The number of hydrogen-bond donors (Lipinski definition) is 2. The molecule has 7 heteroatoms. The van der Waals surface area contributed by atoms with E-state index in [-0.39, 0.29) is 33.0 Å². The molecule has 0 heterocycles. The molecular formula is C15H11Cl3N2O2. The van der Waals surface area contributed by atoms with Crippen LogP contribution in [0.5, 0.6) is 0 Å². The molecule has 0 aliphatic rings. The van der Waals surface area contributed by atoms with E-state index in [0.29, 0.717) is 0 Å². The highest BCUT2D eigenvalue weighted by Gasteiger charge is 2.17. The Kier molecular flexibility index (Phi) is 5.66. The Morgan fingerprint density at radius 3 is 2.18 bits per heavy atom. The molecule has 4 nitrogen and oxygen atoms in total. The van der Waals surface area contributed by atoms with Crippen LogP contribution in [0.15, 0.2) is 42.5 Å². The van der Waals surface area contributed by atoms with Crippen molar-refractivity contribution in [2.24, 2.45) is 0 Å². The predicted octanol–water partition coefficient (Wildman–Crippen LogP) is 3.65. The molecule has 0 aromatic heterocycles. The first-order valence-corrected chi connectivity index (χ1v) is 7.39. The second-order valence-corrected chi connectivity index (χ2v) is 5.58. The average Bonchev–Trinajstić information content (AvgIpc) is 2.50. The summed E-state index contributed by atoms with van der Waals surface area (Å²) < 4.78 is 0. The predicted molar refractivity (Wildman–Crippen MR) is 87.2 cm³/mol. The minimum absolute atomic E-state index is 0.0100. The molecule has 2 aromatic rings. The maximum Gasteiger partial charge on any atom is 0.272 e. The van der Waals surface area contributed by atoms with Crippen LogP contribution in [0.2, 0.25) is 15.1 Å². The third-order valence-corrected chi connectivity index (χ3v) is 3.91. The molecule has 2 aromatic carbocycles. The van der Waals surface area contributed by atoms with E-state index in [9.17, 15) is 9.59 Å². The van der Waals surface area contributed by atoms with Gasteiger partial charge in [-0.1, -0.05) is 65.1 Å². The monoisotopic (exact) mass is 356 g/mol. The van der Waals surface area contributed by atoms with E-state index in [1.165, 1.54) is 12.1 Å². The van der Waals surface area contributed by atoms with Crippen molar-refractivity contribution < 1.29 is 9.59 Å². The Hall–Kier alpha value is -1.75. The van der Waals surface area contributed by atoms with Gasteiger partial charge in [0.2, 0.25) is 5.91 Å². The summed E-state index contributed by atoms with van der Waals surface area (Å²) in [4.78, 5) is 23.8. The van der Waals surface area contributed by atoms with Crippen LogP contribution in [0.25, 0.3) is 0 Å². The lowest BCUT2D eigenvalue weighted by Crippen LogP contribution is -2.42. The molecule has 0 saturated carbocycles. The lowest BCUT2D eigenvalue weighted by Gasteiger charge is -2.10. The molecule has 0 fully saturated rings. The molecule has 0 radical (unpaired) electrons. The van der Waals surface area contributed by atoms with Gasteiger partial charge >= 0.3 is 0 Å². The first kappa shape index (κ1) is 16.6. The Morgan fingerprint density at radius 2 is 1.50 bits per heavy atom. The maximum absolute atomic E-state index is 12.0. The lowest BCUT2D eigenvalue weighted by atomic mass is 10.1. The smallest absolute Gasteiger partial charge is 0.272 e. The van der Waals surface area contributed by atoms with Crippen LogP contribution >= 0.6 is 34.8 Å². The summed E-state index contributed by atoms with van der Waals surface area (Å²) >= 11 is 17.7. The van der Waals surface area contributed by atoms with E-state index in [1.54, 1.807) is 0 Å². The summed E-state index contributed by atoms with van der Waals surface area (Å²) in [5.74, 6) is -1.01. The van der Waals surface area contributed by atoms with Crippen molar-refractivity contribution in [3.63, 3.8) is 0 Å². The Balaban J connectivity index is 1.99. The zero-order valence-electron chi connectivity index (χ0n) is 11.2. The average molecular weight is 358 g/mol. The van der Waals surface area contributed by atoms with Crippen molar-refractivity contribution in [1.29, 1.82) is 0 Å². The number of hydrazine groups is 1. The van der Waals surface area contributed by atoms with Gasteiger partial charge in [-0.3, -0.25) is 20.4 Å². The lowest BCUT2D eigenvalue weighted by molar-refractivity contribution is -0.121. The van der Waals surface area contributed by atoms with Crippen LogP contribution in [0.4, 0.5) is 0 Å². The summed E-state index contributed by atoms with van der Waals surface area (Å²) in [5.41, 5.74) is 5.40. The fraction of sp³-hybridized carbons (Fsp3) is 0.0667. The van der Waals surface area contributed by atoms with Crippen molar-refractivity contribution in [2.75, 3.05) is 0 Å². The van der Waals surface area contributed by atoms with Gasteiger partial charge < -0.3 is 0 Å². The highest BCUT2D eigenvalue weighted by molar-refractivity contribution is 6.46. The number of carbonyl (C=O) groups is 2. The van der Waals surface area contributed by atoms with Gasteiger partial charge in [0, 0.05) is 0 Å². The van der Waals surface area contributed by atoms with Crippen molar-refractivity contribution in [3.8, 4) is 0 Å². The Labute approximate surface area is 142 Å². The van der Waals surface area contributed by atoms with Gasteiger partial charge in [-0.15, -0.1) is 0 Å². The van der Waals surface area contributed by atoms with E-state index >= 15 is 0 Å². The van der Waals surface area contributed by atoms with Gasteiger partial charge in [-0.05, 0) is 17.7 Å². The summed E-state index contributed by atoms with van der Waals surface area (Å²) in [7, 11) is 0. The number of carbonyl (C=O) groups excluding carboxylic acids is 2. The highest BCUT2D eigenvalue weighted by Crippen LogP contribution is 2.31. The van der Waals surface area contributed by atoms with Crippen molar-refractivity contribution in [2.45, 2.75) is 6.42 Å². The van der Waals surface area contributed by atoms with Crippen molar-refractivity contribution in [3.05, 3.63) is 68.7 Å². The van der Waals surface area contributed by atoms with E-state index in [1.807, 2.05) is 30.3 Å². The van der Waals surface area contributed by atoms with E-state index in [0.717, 1.165) is 5.56 Å². The molecule has 2 rings (SSSR count). The minimum Gasteiger partial charge on any atom is -0.273 e. The molecule has 2 N–H and O–H groups in total. The zero-order chi connectivity index (χ0) is 16.1. The SMILES string of the molecule is O=C(Cc1ccccc1)NNC(=O)c1c(Cl)ccc(Cl)c1Cl. The Bertz CT molecular complexity index is 705. The number of benzene rings is 2. The number of halogens is 3. The van der Waals surface area contributed by atoms with Crippen LogP contribution in [-0.4, -0.2) is 11.8 Å². The maximum atomic E-state index is 12.0. The third-order valence-electron chi connectivity index (χ3n) is 2.79. The molecule has 114 valence electrons. The zero-order valence-corrected chi connectivity index (χ0v) is 13.5. The molecular weight excluding hydrogens is 347 g/mol. The summed E-state index contributed by atoms with van der Waals surface area (Å²) in [5, 5.41) is 0.375. The largest absolute Gasteiger partial charge is 0.273 e. The summed E-state index contributed by atoms with van der Waals surface area (Å²) in [6.45, 7) is 0. The fourth-order valence-corrected chi connectivity index (χ4v) is 2.45. The molecule has 0 bridgehead atoms. The molecule has 0 unspecified atom stereocenters. The molecule has 0 saturated heterocycles. The first-order valence-electron chi connectivity index (χ1n) is 6.25. The molecule has 0 spiro atoms. The molecule has 2 amide bonds. The van der Waals surface area contributed by atoms with Gasteiger partial charge in [-0.2, -0.15) is 0 Å². The van der Waals surface area contributed by atoms with Crippen molar-refractivity contribution in [1.82, 2.24) is 10.9 Å². The Morgan fingerprint density at radius 1 is 0.864 bits per heavy atom. The molecule has 0 aliphatic carbocycles. The number of nitrogens with one attached hydrogen (secondary N) is 2. The second-order valence-electron chi connectivity index (χ2n) is 4.38. The van der Waals surface area contributed by atoms with Gasteiger partial charge in [0.15, 0.2) is 0 Å². The summed E-state index contributed by atoms with van der Waals surface area (Å²) in [6.07, 6.45) is 0.137. The van der Waals surface area contributed by atoms with Gasteiger partial charge in [0.1, 0.15) is 0 Å². The molecule has 0 aliphatic heterocycles. The number of amides is 2. The van der Waals surface area contributed by atoms with Crippen LogP contribution in [-0.2, 0) is 11.2 Å². The first-order chi connectivity index (χ1) is 10.5. The third kappa shape index (κ3) is 4.13. The molecule has 22 heavy (non-hydrogen) atoms.